The van der Waals surface area contributed by atoms with Gasteiger partial charge in [-0.05, 0) is 12.8 Å². The van der Waals surface area contributed by atoms with Crippen LogP contribution in [-0.2, 0) is 23.3 Å². The Kier molecular flexibility index (Phi) is 3.50. The lowest BCUT2D eigenvalue weighted by Gasteiger charge is -2.28. The Morgan fingerprint density at radius 3 is 3.00 bits per heavy atom. The Labute approximate surface area is 132 Å². The van der Waals surface area contributed by atoms with Crippen molar-refractivity contribution < 1.29 is 13.9 Å². The first-order valence-corrected chi connectivity index (χ1v) is 8.56. The van der Waals surface area contributed by atoms with E-state index in [1.54, 1.807) is 23.8 Å². The summed E-state index contributed by atoms with van der Waals surface area (Å²) in [5.74, 6) is 0.321. The molecule has 1 saturated carbocycles. The van der Waals surface area contributed by atoms with E-state index in [0.717, 1.165) is 48.2 Å². The van der Waals surface area contributed by atoms with Crippen LogP contribution >= 0.6 is 11.3 Å². The molecule has 5 nitrogen and oxygen atoms in total. The number of carbonyl (C=O) groups excluding carboxylic acids is 1. The number of nitrogens with one attached hydrogen (secondary N) is 1. The number of thiazole rings is 1. The van der Waals surface area contributed by atoms with Gasteiger partial charge in [-0.1, -0.05) is 12.8 Å². The van der Waals surface area contributed by atoms with E-state index in [1.807, 2.05) is 5.38 Å². The minimum absolute atomic E-state index is 0.125. The summed E-state index contributed by atoms with van der Waals surface area (Å²) in [6.07, 6.45) is 8.30. The van der Waals surface area contributed by atoms with Crippen molar-refractivity contribution in [3.8, 4) is 0 Å². The molecule has 0 spiro atoms. The maximum absolute atomic E-state index is 12.8. The number of nitrogens with zero attached hydrogens (tertiary/aromatic N) is 1. The molecule has 1 amide bonds. The topological polar surface area (TPSA) is 64.4 Å². The van der Waals surface area contributed by atoms with E-state index in [4.69, 9.17) is 9.15 Å². The molecule has 4 rings (SSSR count). The Balaban J connectivity index is 1.62. The van der Waals surface area contributed by atoms with Gasteiger partial charge in [0.2, 0.25) is 0 Å². The SMILES string of the molecule is O=C(NC1(c2nccs2)CCCC1)c1occ2c1CCOC2. The summed E-state index contributed by atoms with van der Waals surface area (Å²) in [5, 5.41) is 6.19. The molecule has 2 aromatic rings. The van der Waals surface area contributed by atoms with Crippen LogP contribution in [0.4, 0.5) is 0 Å². The van der Waals surface area contributed by atoms with Crippen LogP contribution in [0.3, 0.4) is 0 Å². The van der Waals surface area contributed by atoms with Crippen molar-refractivity contribution in [2.75, 3.05) is 6.61 Å². The molecule has 1 N–H and O–H groups in total. The highest BCUT2D eigenvalue weighted by molar-refractivity contribution is 7.09. The van der Waals surface area contributed by atoms with Gasteiger partial charge in [0.15, 0.2) is 5.76 Å². The van der Waals surface area contributed by atoms with Crippen molar-refractivity contribution in [2.45, 2.75) is 44.2 Å². The van der Waals surface area contributed by atoms with Crippen molar-refractivity contribution in [2.24, 2.45) is 0 Å². The van der Waals surface area contributed by atoms with Crippen LogP contribution in [0.2, 0.25) is 0 Å². The summed E-state index contributed by atoms with van der Waals surface area (Å²) in [5.41, 5.74) is 1.66. The predicted octanol–water partition coefficient (Wildman–Crippen LogP) is 3.01. The van der Waals surface area contributed by atoms with Crippen LogP contribution in [0.5, 0.6) is 0 Å². The van der Waals surface area contributed by atoms with E-state index in [9.17, 15) is 4.79 Å². The number of ether oxygens (including phenoxy) is 1. The van der Waals surface area contributed by atoms with Gasteiger partial charge in [0.25, 0.3) is 5.91 Å². The Morgan fingerprint density at radius 1 is 1.36 bits per heavy atom. The van der Waals surface area contributed by atoms with Gasteiger partial charge in [-0.2, -0.15) is 0 Å². The molecule has 1 aliphatic carbocycles. The first-order chi connectivity index (χ1) is 10.8. The summed E-state index contributed by atoms with van der Waals surface area (Å²) in [6, 6.07) is 0. The number of aromatic nitrogens is 1. The van der Waals surface area contributed by atoms with Crippen molar-refractivity contribution in [1.82, 2.24) is 10.3 Å². The van der Waals surface area contributed by atoms with Crippen molar-refractivity contribution in [1.29, 1.82) is 0 Å². The molecule has 0 unspecified atom stereocenters. The van der Waals surface area contributed by atoms with Crippen LogP contribution in [0.25, 0.3) is 0 Å². The zero-order valence-electron chi connectivity index (χ0n) is 12.3. The van der Waals surface area contributed by atoms with Gasteiger partial charge in [0.05, 0.1) is 25.0 Å². The minimum atomic E-state index is -0.323. The van der Waals surface area contributed by atoms with E-state index in [1.165, 1.54) is 0 Å². The molecule has 0 bridgehead atoms. The predicted molar refractivity (Wildman–Crippen MR) is 81.8 cm³/mol. The number of amides is 1. The third kappa shape index (κ3) is 2.27. The van der Waals surface area contributed by atoms with Crippen LogP contribution in [0.1, 0.15) is 52.4 Å². The highest BCUT2D eigenvalue weighted by Crippen LogP contribution is 2.40. The summed E-state index contributed by atoms with van der Waals surface area (Å²) in [4.78, 5) is 17.2. The minimum Gasteiger partial charge on any atom is -0.459 e. The molecule has 0 aromatic carbocycles. The van der Waals surface area contributed by atoms with Crippen LogP contribution in [0.15, 0.2) is 22.3 Å². The average molecular weight is 318 g/mol. The normalized spacial score (nSPS) is 19.8. The number of fused-ring (bicyclic) bond motifs is 1. The second kappa shape index (κ2) is 5.52. The van der Waals surface area contributed by atoms with Gasteiger partial charge in [0, 0.05) is 29.1 Å². The number of hydrogen-bond donors (Lipinski definition) is 1. The Bertz CT molecular complexity index is 672. The lowest BCUT2D eigenvalue weighted by Crippen LogP contribution is -2.44. The molecule has 0 atom stereocenters. The van der Waals surface area contributed by atoms with Gasteiger partial charge in [-0.15, -0.1) is 11.3 Å². The molecular formula is C16H18N2O3S. The molecule has 116 valence electrons. The van der Waals surface area contributed by atoms with E-state index >= 15 is 0 Å². The van der Waals surface area contributed by atoms with E-state index in [0.29, 0.717) is 19.0 Å². The zero-order chi connectivity index (χ0) is 15.0. The van der Waals surface area contributed by atoms with Crippen molar-refractivity contribution in [3.63, 3.8) is 0 Å². The number of hydrogen-bond acceptors (Lipinski definition) is 5. The quantitative estimate of drug-likeness (QED) is 0.945. The zero-order valence-corrected chi connectivity index (χ0v) is 13.1. The highest BCUT2D eigenvalue weighted by atomic mass is 32.1. The standard InChI is InChI=1S/C16H18N2O3S/c19-14(13-12-3-7-20-9-11(12)10-21-13)18-16(4-1-2-5-16)15-17-6-8-22-15/h6,8,10H,1-5,7,9H2,(H,18,19). The third-order valence-electron chi connectivity index (χ3n) is 4.59. The fourth-order valence-electron chi connectivity index (χ4n) is 3.47. The number of rotatable bonds is 3. The molecule has 2 aromatic heterocycles. The van der Waals surface area contributed by atoms with Crippen LogP contribution in [0, 0.1) is 0 Å². The van der Waals surface area contributed by atoms with Gasteiger partial charge < -0.3 is 14.5 Å². The van der Waals surface area contributed by atoms with E-state index in [2.05, 4.69) is 10.3 Å². The van der Waals surface area contributed by atoms with Gasteiger partial charge >= 0.3 is 0 Å². The van der Waals surface area contributed by atoms with Crippen LogP contribution in [-0.4, -0.2) is 17.5 Å². The van der Waals surface area contributed by atoms with Gasteiger partial charge in [-0.25, -0.2) is 4.98 Å². The summed E-state index contributed by atoms with van der Waals surface area (Å²) >= 11 is 1.61. The second-order valence-corrected chi connectivity index (χ2v) is 6.85. The Morgan fingerprint density at radius 2 is 2.23 bits per heavy atom. The van der Waals surface area contributed by atoms with E-state index in [-0.39, 0.29) is 11.4 Å². The lowest BCUT2D eigenvalue weighted by atomic mass is 9.97. The third-order valence-corrected chi connectivity index (χ3v) is 5.57. The smallest absolute Gasteiger partial charge is 0.288 e. The van der Waals surface area contributed by atoms with Gasteiger partial charge in [-0.3, -0.25) is 4.79 Å². The molecule has 1 fully saturated rings. The average Bonchev–Trinajstić information content (AvgIpc) is 3.27. The maximum atomic E-state index is 12.8. The maximum Gasteiger partial charge on any atom is 0.288 e. The fraction of sp³-hybridized carbons (Fsp3) is 0.500. The monoisotopic (exact) mass is 318 g/mol. The molecular weight excluding hydrogens is 300 g/mol. The first kappa shape index (κ1) is 14.0. The highest BCUT2D eigenvalue weighted by Gasteiger charge is 2.40. The van der Waals surface area contributed by atoms with Crippen molar-refractivity contribution >= 4 is 17.2 Å². The molecule has 2 aliphatic rings. The lowest BCUT2D eigenvalue weighted by molar-refractivity contribution is 0.0864. The molecule has 0 saturated heterocycles. The number of furan rings is 1. The Hall–Kier alpha value is -1.66. The second-order valence-electron chi connectivity index (χ2n) is 5.95. The molecule has 1 aliphatic heterocycles. The van der Waals surface area contributed by atoms with Gasteiger partial charge in [0.1, 0.15) is 5.01 Å². The summed E-state index contributed by atoms with van der Waals surface area (Å²) < 4.78 is 10.9. The summed E-state index contributed by atoms with van der Waals surface area (Å²) in [6.45, 7) is 1.17. The molecule has 3 heterocycles. The fourth-order valence-corrected chi connectivity index (χ4v) is 4.32. The largest absolute Gasteiger partial charge is 0.459 e. The molecule has 6 heteroatoms. The molecule has 0 radical (unpaired) electrons. The van der Waals surface area contributed by atoms with Crippen molar-refractivity contribution in [3.05, 3.63) is 39.7 Å². The first-order valence-electron chi connectivity index (χ1n) is 7.68. The number of carbonyl (C=O) groups is 1. The van der Waals surface area contributed by atoms with Crippen LogP contribution < -0.4 is 5.32 Å². The molecule has 22 heavy (non-hydrogen) atoms. The summed E-state index contributed by atoms with van der Waals surface area (Å²) in [7, 11) is 0. The van der Waals surface area contributed by atoms with E-state index < -0.39 is 0 Å².